The van der Waals surface area contributed by atoms with Gasteiger partial charge in [0, 0.05) is 13.5 Å². The molecule has 0 aliphatic carbocycles. The van der Waals surface area contributed by atoms with E-state index in [1.807, 2.05) is 11.6 Å². The van der Waals surface area contributed by atoms with Crippen molar-refractivity contribution in [2.45, 2.75) is 12.8 Å². The van der Waals surface area contributed by atoms with Gasteiger partial charge in [-0.1, -0.05) is 0 Å². The maximum Gasteiger partial charge on any atom is 0.303 e. The molecule has 0 unspecified atom stereocenters. The number of rotatable bonds is 3. The number of aromatic nitrogens is 2. The van der Waals surface area contributed by atoms with E-state index in [4.69, 9.17) is 10.4 Å². The van der Waals surface area contributed by atoms with E-state index in [1.54, 1.807) is 18.2 Å². The first-order valence-corrected chi connectivity index (χ1v) is 5.19. The molecule has 0 amide bonds. The fourth-order valence-corrected chi connectivity index (χ4v) is 1.75. The fourth-order valence-electron chi connectivity index (χ4n) is 1.75. The number of carboxylic acids is 1. The van der Waals surface area contributed by atoms with Crippen molar-refractivity contribution in [3.8, 4) is 6.07 Å². The van der Waals surface area contributed by atoms with Crippen LogP contribution in [0.5, 0.6) is 0 Å². The summed E-state index contributed by atoms with van der Waals surface area (Å²) >= 11 is 0. The van der Waals surface area contributed by atoms with Crippen LogP contribution in [-0.4, -0.2) is 20.6 Å². The third-order valence-electron chi connectivity index (χ3n) is 2.67. The van der Waals surface area contributed by atoms with Crippen molar-refractivity contribution >= 4 is 17.0 Å². The average Bonchev–Trinajstić information content (AvgIpc) is 2.63. The van der Waals surface area contributed by atoms with E-state index in [0.717, 1.165) is 16.9 Å². The molecule has 1 N–H and O–H groups in total. The monoisotopic (exact) mass is 229 g/mol. The van der Waals surface area contributed by atoms with E-state index in [-0.39, 0.29) is 6.42 Å². The number of nitriles is 1. The van der Waals surface area contributed by atoms with Crippen molar-refractivity contribution in [1.82, 2.24) is 9.55 Å². The third kappa shape index (κ3) is 2.11. The van der Waals surface area contributed by atoms with Crippen LogP contribution in [0.15, 0.2) is 18.2 Å². The van der Waals surface area contributed by atoms with Crippen LogP contribution < -0.4 is 0 Å². The number of aliphatic carboxylic acids is 1. The van der Waals surface area contributed by atoms with Gasteiger partial charge in [-0.15, -0.1) is 0 Å². The first-order chi connectivity index (χ1) is 8.11. The Morgan fingerprint density at radius 2 is 2.35 bits per heavy atom. The second-order valence-electron chi connectivity index (χ2n) is 3.80. The van der Waals surface area contributed by atoms with E-state index in [1.165, 1.54) is 0 Å². The number of nitrogens with zero attached hydrogens (tertiary/aromatic N) is 3. The summed E-state index contributed by atoms with van der Waals surface area (Å²) < 4.78 is 1.83. The Kier molecular flexibility index (Phi) is 2.79. The van der Waals surface area contributed by atoms with Crippen molar-refractivity contribution in [2.75, 3.05) is 0 Å². The molecule has 0 radical (unpaired) electrons. The predicted molar refractivity (Wildman–Crippen MR) is 61.4 cm³/mol. The largest absolute Gasteiger partial charge is 0.481 e. The molecular formula is C12H11N3O2. The Balaban J connectivity index is 2.43. The Morgan fingerprint density at radius 3 is 3.00 bits per heavy atom. The zero-order valence-electron chi connectivity index (χ0n) is 9.34. The number of carboxylic acid groups (broad SMARTS) is 1. The number of benzene rings is 1. The summed E-state index contributed by atoms with van der Waals surface area (Å²) in [7, 11) is 1.83. The number of imidazole rings is 1. The van der Waals surface area contributed by atoms with Gasteiger partial charge in [0.1, 0.15) is 5.82 Å². The quantitative estimate of drug-likeness (QED) is 0.864. The van der Waals surface area contributed by atoms with Crippen LogP contribution in [0.4, 0.5) is 0 Å². The molecule has 0 bridgehead atoms. The molecule has 86 valence electrons. The zero-order valence-corrected chi connectivity index (χ0v) is 9.34. The fraction of sp³-hybridized carbons (Fsp3) is 0.250. The summed E-state index contributed by atoms with van der Waals surface area (Å²) in [4.78, 5) is 14.9. The highest BCUT2D eigenvalue weighted by Gasteiger charge is 2.09. The lowest BCUT2D eigenvalue weighted by Gasteiger charge is -2.00. The molecule has 1 aromatic carbocycles. The molecular weight excluding hydrogens is 218 g/mol. The molecule has 5 heteroatoms. The highest BCUT2D eigenvalue weighted by molar-refractivity contribution is 5.77. The van der Waals surface area contributed by atoms with E-state index in [0.29, 0.717) is 12.0 Å². The van der Waals surface area contributed by atoms with E-state index < -0.39 is 5.97 Å². The van der Waals surface area contributed by atoms with Crippen LogP contribution in [0.2, 0.25) is 0 Å². The second-order valence-corrected chi connectivity index (χ2v) is 3.80. The van der Waals surface area contributed by atoms with Crippen LogP contribution in [-0.2, 0) is 18.3 Å². The summed E-state index contributed by atoms with van der Waals surface area (Å²) in [5.41, 5.74) is 2.21. The van der Waals surface area contributed by atoms with E-state index in [2.05, 4.69) is 11.1 Å². The standard InChI is InChI=1S/C12H11N3O2/c1-15-10-6-8(7-13)2-3-9(10)14-11(15)4-5-12(16)17/h2-3,6H,4-5H2,1H3,(H,16,17). The zero-order chi connectivity index (χ0) is 12.4. The minimum atomic E-state index is -0.838. The molecule has 1 heterocycles. The minimum Gasteiger partial charge on any atom is -0.481 e. The van der Waals surface area contributed by atoms with Crippen molar-refractivity contribution in [1.29, 1.82) is 5.26 Å². The molecule has 0 aliphatic heterocycles. The van der Waals surface area contributed by atoms with Gasteiger partial charge in [0.2, 0.25) is 0 Å². The van der Waals surface area contributed by atoms with Crippen molar-refractivity contribution in [3.05, 3.63) is 29.6 Å². The molecule has 0 fully saturated rings. The maximum atomic E-state index is 10.5. The molecule has 2 rings (SSSR count). The van der Waals surface area contributed by atoms with Gasteiger partial charge in [0.15, 0.2) is 0 Å². The van der Waals surface area contributed by atoms with Gasteiger partial charge in [-0.25, -0.2) is 4.98 Å². The molecule has 2 aromatic rings. The number of carbonyl (C=O) groups is 1. The Morgan fingerprint density at radius 1 is 1.59 bits per heavy atom. The van der Waals surface area contributed by atoms with Crippen LogP contribution in [0, 0.1) is 11.3 Å². The smallest absolute Gasteiger partial charge is 0.303 e. The summed E-state index contributed by atoms with van der Waals surface area (Å²) in [6, 6.07) is 7.31. The summed E-state index contributed by atoms with van der Waals surface area (Å²) in [5.74, 6) is -0.118. The third-order valence-corrected chi connectivity index (χ3v) is 2.67. The van der Waals surface area contributed by atoms with Crippen LogP contribution in [0.1, 0.15) is 17.8 Å². The summed E-state index contributed by atoms with van der Waals surface area (Å²) in [5, 5.41) is 17.5. The molecule has 17 heavy (non-hydrogen) atoms. The van der Waals surface area contributed by atoms with Gasteiger partial charge in [0.25, 0.3) is 0 Å². The van der Waals surface area contributed by atoms with Crippen LogP contribution in [0.25, 0.3) is 11.0 Å². The van der Waals surface area contributed by atoms with Gasteiger partial charge < -0.3 is 9.67 Å². The highest BCUT2D eigenvalue weighted by Crippen LogP contribution is 2.17. The summed E-state index contributed by atoms with van der Waals surface area (Å²) in [6.07, 6.45) is 0.449. The van der Waals surface area contributed by atoms with Gasteiger partial charge in [-0.2, -0.15) is 5.26 Å². The molecule has 0 spiro atoms. The Labute approximate surface area is 97.9 Å². The maximum absolute atomic E-state index is 10.5. The molecule has 0 aliphatic rings. The van der Waals surface area contributed by atoms with Gasteiger partial charge in [-0.05, 0) is 18.2 Å². The molecule has 5 nitrogen and oxygen atoms in total. The lowest BCUT2D eigenvalue weighted by atomic mass is 10.2. The van der Waals surface area contributed by atoms with Gasteiger partial charge in [-0.3, -0.25) is 4.79 Å². The lowest BCUT2D eigenvalue weighted by molar-refractivity contribution is -0.137. The van der Waals surface area contributed by atoms with Crippen LogP contribution in [0.3, 0.4) is 0 Å². The summed E-state index contributed by atoms with van der Waals surface area (Å²) in [6.45, 7) is 0. The van der Waals surface area contributed by atoms with Crippen molar-refractivity contribution in [2.24, 2.45) is 7.05 Å². The van der Waals surface area contributed by atoms with Gasteiger partial charge in [0.05, 0.1) is 29.1 Å². The lowest BCUT2D eigenvalue weighted by Crippen LogP contribution is -2.03. The minimum absolute atomic E-state index is 0.0578. The SMILES string of the molecule is Cn1c(CCC(=O)O)nc2ccc(C#N)cc21. The van der Waals surface area contributed by atoms with E-state index >= 15 is 0 Å². The van der Waals surface area contributed by atoms with Crippen LogP contribution >= 0.6 is 0 Å². The number of hydrogen-bond acceptors (Lipinski definition) is 3. The Bertz CT molecular complexity index is 622. The van der Waals surface area contributed by atoms with E-state index in [9.17, 15) is 4.79 Å². The molecule has 0 atom stereocenters. The number of fused-ring (bicyclic) bond motifs is 1. The highest BCUT2D eigenvalue weighted by atomic mass is 16.4. The molecule has 1 aromatic heterocycles. The molecule has 0 saturated carbocycles. The predicted octanol–water partition coefficient (Wildman–Crippen LogP) is 1.46. The number of aryl methyl sites for hydroxylation is 2. The Hall–Kier alpha value is -2.35. The molecule has 0 saturated heterocycles. The van der Waals surface area contributed by atoms with Crippen molar-refractivity contribution in [3.63, 3.8) is 0 Å². The second kappa shape index (κ2) is 4.26. The van der Waals surface area contributed by atoms with Gasteiger partial charge >= 0.3 is 5.97 Å². The number of hydrogen-bond donors (Lipinski definition) is 1. The normalized spacial score (nSPS) is 10.4. The first kappa shape index (κ1) is 11.1. The first-order valence-electron chi connectivity index (χ1n) is 5.19. The topological polar surface area (TPSA) is 78.9 Å². The average molecular weight is 229 g/mol. The van der Waals surface area contributed by atoms with Crippen molar-refractivity contribution < 1.29 is 9.90 Å².